The van der Waals surface area contributed by atoms with Crippen LogP contribution in [0.15, 0.2) is 42.7 Å². The van der Waals surface area contributed by atoms with E-state index in [1.165, 1.54) is 12.8 Å². The Balaban J connectivity index is 0.00000176. The van der Waals surface area contributed by atoms with Crippen molar-refractivity contribution in [1.82, 2.24) is 20.4 Å². The lowest BCUT2D eigenvalue weighted by Gasteiger charge is -2.05. The number of benzene rings is 1. The van der Waals surface area contributed by atoms with E-state index in [1.807, 2.05) is 41.2 Å². The molecule has 1 fully saturated rings. The van der Waals surface area contributed by atoms with Gasteiger partial charge < -0.3 is 10.6 Å². The summed E-state index contributed by atoms with van der Waals surface area (Å²) in [7, 11) is 0. The summed E-state index contributed by atoms with van der Waals surface area (Å²) in [4.78, 5) is 11.7. The van der Waals surface area contributed by atoms with Gasteiger partial charge in [0.2, 0.25) is 5.91 Å². The number of carbonyl (C=O) groups excluding carboxylic acids is 1. The number of amides is 1. The van der Waals surface area contributed by atoms with Gasteiger partial charge in [-0.05, 0) is 37.4 Å². The first-order chi connectivity index (χ1) is 10.3. The van der Waals surface area contributed by atoms with E-state index < -0.39 is 0 Å². The molecule has 1 aliphatic rings. The van der Waals surface area contributed by atoms with Crippen LogP contribution in [0.1, 0.15) is 18.4 Å². The zero-order valence-electron chi connectivity index (χ0n) is 12.4. The molecule has 1 amide bonds. The Morgan fingerprint density at radius 1 is 1.27 bits per heavy atom. The van der Waals surface area contributed by atoms with Gasteiger partial charge in [-0.3, -0.25) is 4.79 Å². The molecule has 6 heteroatoms. The highest BCUT2D eigenvalue weighted by Crippen LogP contribution is 2.27. The number of aromatic nitrogens is 2. The van der Waals surface area contributed by atoms with E-state index in [1.54, 1.807) is 6.20 Å². The molecule has 0 saturated heterocycles. The first-order valence-electron chi connectivity index (χ1n) is 7.37. The maximum atomic E-state index is 11.7. The highest BCUT2D eigenvalue weighted by Gasteiger charge is 2.20. The van der Waals surface area contributed by atoms with Crippen molar-refractivity contribution in [2.45, 2.75) is 19.4 Å². The molecule has 0 bridgehead atoms. The van der Waals surface area contributed by atoms with Gasteiger partial charge in [-0.25, -0.2) is 4.68 Å². The molecule has 5 nitrogen and oxygen atoms in total. The Morgan fingerprint density at radius 2 is 2.05 bits per heavy atom. The Bertz CT molecular complexity index is 595. The average Bonchev–Trinajstić information content (AvgIpc) is 3.21. The summed E-state index contributed by atoms with van der Waals surface area (Å²) < 4.78 is 1.81. The van der Waals surface area contributed by atoms with Crippen LogP contribution in [0, 0.1) is 5.92 Å². The summed E-state index contributed by atoms with van der Waals surface area (Å²) in [6.07, 6.45) is 6.32. The van der Waals surface area contributed by atoms with Crippen molar-refractivity contribution >= 4 is 18.3 Å². The number of para-hydroxylation sites is 1. The smallest absolute Gasteiger partial charge is 0.234 e. The van der Waals surface area contributed by atoms with Gasteiger partial charge in [-0.15, -0.1) is 12.4 Å². The quantitative estimate of drug-likeness (QED) is 0.819. The Hall–Kier alpha value is -1.85. The van der Waals surface area contributed by atoms with Gasteiger partial charge in [-0.1, -0.05) is 18.2 Å². The molecule has 1 saturated carbocycles. The zero-order chi connectivity index (χ0) is 14.5. The van der Waals surface area contributed by atoms with Gasteiger partial charge in [0, 0.05) is 18.3 Å². The number of hydrogen-bond donors (Lipinski definition) is 2. The molecule has 1 aliphatic carbocycles. The molecule has 2 N–H and O–H groups in total. The van der Waals surface area contributed by atoms with Crippen LogP contribution in [-0.2, 0) is 11.3 Å². The summed E-state index contributed by atoms with van der Waals surface area (Å²) in [5, 5.41) is 10.4. The van der Waals surface area contributed by atoms with E-state index in [0.717, 1.165) is 23.7 Å². The summed E-state index contributed by atoms with van der Waals surface area (Å²) in [5.74, 6) is 0.824. The molecular formula is C16H21ClN4O. The number of halogens is 1. The molecule has 118 valence electrons. The van der Waals surface area contributed by atoms with Crippen LogP contribution in [0.3, 0.4) is 0 Å². The van der Waals surface area contributed by atoms with Gasteiger partial charge in [0.15, 0.2) is 0 Å². The van der Waals surface area contributed by atoms with Gasteiger partial charge in [0.1, 0.15) is 0 Å². The lowest BCUT2D eigenvalue weighted by Crippen LogP contribution is -2.34. The zero-order valence-corrected chi connectivity index (χ0v) is 13.2. The van der Waals surface area contributed by atoms with E-state index >= 15 is 0 Å². The van der Waals surface area contributed by atoms with E-state index in [9.17, 15) is 4.79 Å². The van der Waals surface area contributed by atoms with Crippen LogP contribution < -0.4 is 10.6 Å². The van der Waals surface area contributed by atoms with Crippen molar-refractivity contribution in [1.29, 1.82) is 0 Å². The number of hydrogen-bond acceptors (Lipinski definition) is 3. The summed E-state index contributed by atoms with van der Waals surface area (Å²) >= 11 is 0. The van der Waals surface area contributed by atoms with Crippen LogP contribution >= 0.6 is 12.4 Å². The fourth-order valence-electron chi connectivity index (χ4n) is 2.15. The lowest BCUT2D eigenvalue weighted by atomic mass is 10.3. The molecule has 3 rings (SSSR count). The second kappa shape index (κ2) is 7.96. The minimum absolute atomic E-state index is 0. The fourth-order valence-corrected chi connectivity index (χ4v) is 2.15. The van der Waals surface area contributed by atoms with Crippen LogP contribution in [0.25, 0.3) is 5.69 Å². The van der Waals surface area contributed by atoms with Crippen LogP contribution in [0.4, 0.5) is 0 Å². The molecule has 0 atom stereocenters. The molecule has 0 unspecified atom stereocenters. The first kappa shape index (κ1) is 16.5. The second-order valence-electron chi connectivity index (χ2n) is 5.48. The highest BCUT2D eigenvalue weighted by molar-refractivity contribution is 5.85. The molecule has 1 heterocycles. The molecule has 2 aromatic rings. The van der Waals surface area contributed by atoms with Gasteiger partial charge in [0.25, 0.3) is 0 Å². The average molecular weight is 321 g/mol. The van der Waals surface area contributed by atoms with Crippen molar-refractivity contribution in [3.8, 4) is 5.69 Å². The van der Waals surface area contributed by atoms with Crippen LogP contribution in [0.2, 0.25) is 0 Å². The third kappa shape index (κ3) is 4.86. The Morgan fingerprint density at radius 3 is 2.77 bits per heavy atom. The van der Waals surface area contributed by atoms with Gasteiger partial charge in [-0.2, -0.15) is 5.10 Å². The predicted octanol–water partition coefficient (Wildman–Crippen LogP) is 1.91. The van der Waals surface area contributed by atoms with Crippen molar-refractivity contribution in [3.05, 3.63) is 48.3 Å². The lowest BCUT2D eigenvalue weighted by molar-refractivity contribution is -0.120. The largest absolute Gasteiger partial charge is 0.351 e. The molecule has 0 radical (unpaired) electrons. The standard InChI is InChI=1S/C16H20N4O.ClH/c21-16(11-17-8-13-6-7-13)18-9-14-10-19-20(12-14)15-4-2-1-3-5-15;/h1-5,10,12-13,17H,6-9,11H2,(H,18,21);1H. The van der Waals surface area contributed by atoms with Crippen molar-refractivity contribution in [2.24, 2.45) is 5.92 Å². The Kier molecular flexibility index (Phi) is 5.98. The van der Waals surface area contributed by atoms with Crippen molar-refractivity contribution in [2.75, 3.05) is 13.1 Å². The molecule has 22 heavy (non-hydrogen) atoms. The summed E-state index contributed by atoms with van der Waals surface area (Å²) in [6, 6.07) is 9.92. The van der Waals surface area contributed by atoms with E-state index in [-0.39, 0.29) is 18.3 Å². The van der Waals surface area contributed by atoms with E-state index in [0.29, 0.717) is 13.1 Å². The highest BCUT2D eigenvalue weighted by atomic mass is 35.5. The van der Waals surface area contributed by atoms with Crippen molar-refractivity contribution < 1.29 is 4.79 Å². The maximum absolute atomic E-state index is 11.7. The second-order valence-corrected chi connectivity index (χ2v) is 5.48. The number of nitrogens with one attached hydrogen (secondary N) is 2. The van der Waals surface area contributed by atoms with E-state index in [2.05, 4.69) is 15.7 Å². The summed E-state index contributed by atoms with van der Waals surface area (Å²) in [6.45, 7) is 1.86. The Labute approximate surface area is 136 Å². The molecule has 0 spiro atoms. The summed E-state index contributed by atoms with van der Waals surface area (Å²) in [5.41, 5.74) is 2.01. The third-order valence-corrected chi connectivity index (χ3v) is 3.56. The first-order valence-corrected chi connectivity index (χ1v) is 7.37. The minimum Gasteiger partial charge on any atom is -0.351 e. The molecule has 0 aliphatic heterocycles. The normalized spacial score (nSPS) is 13.5. The maximum Gasteiger partial charge on any atom is 0.234 e. The number of nitrogens with zero attached hydrogens (tertiary/aromatic N) is 2. The predicted molar refractivity (Wildman–Crippen MR) is 88.3 cm³/mol. The fraction of sp³-hybridized carbons (Fsp3) is 0.375. The molecule has 1 aromatic carbocycles. The van der Waals surface area contributed by atoms with Crippen LogP contribution in [-0.4, -0.2) is 28.8 Å². The van der Waals surface area contributed by atoms with Crippen molar-refractivity contribution in [3.63, 3.8) is 0 Å². The number of rotatable bonds is 7. The minimum atomic E-state index is 0. The van der Waals surface area contributed by atoms with Crippen LogP contribution in [0.5, 0.6) is 0 Å². The van der Waals surface area contributed by atoms with E-state index in [4.69, 9.17) is 0 Å². The van der Waals surface area contributed by atoms with Gasteiger partial charge >= 0.3 is 0 Å². The SMILES string of the molecule is Cl.O=C(CNCC1CC1)NCc1cnn(-c2ccccc2)c1. The molecule has 1 aromatic heterocycles. The number of carbonyl (C=O) groups is 1. The monoisotopic (exact) mass is 320 g/mol. The third-order valence-electron chi connectivity index (χ3n) is 3.56. The van der Waals surface area contributed by atoms with Gasteiger partial charge in [0.05, 0.1) is 18.4 Å². The molecular weight excluding hydrogens is 300 g/mol. The topological polar surface area (TPSA) is 59.0 Å².